The van der Waals surface area contributed by atoms with Gasteiger partial charge in [0.1, 0.15) is 0 Å². The van der Waals surface area contributed by atoms with Crippen molar-refractivity contribution < 1.29 is 9.90 Å². The van der Waals surface area contributed by atoms with Crippen LogP contribution in [0.1, 0.15) is 25.7 Å². The average Bonchev–Trinajstić information content (AvgIpc) is 1.84. The van der Waals surface area contributed by atoms with Crippen LogP contribution in [0.2, 0.25) is 0 Å². The molecule has 0 bridgehead atoms. The Morgan fingerprint density at radius 1 is 1.70 bits per heavy atom. The van der Waals surface area contributed by atoms with Gasteiger partial charge in [-0.05, 0) is 19.3 Å². The van der Waals surface area contributed by atoms with E-state index in [2.05, 4.69) is 0 Å². The summed E-state index contributed by atoms with van der Waals surface area (Å²) in [6, 6.07) is 0. The Bertz CT molecular complexity index is 143. The minimum absolute atomic E-state index is 0.142. The quantitative estimate of drug-likeness (QED) is 0.272. The van der Waals surface area contributed by atoms with Crippen molar-refractivity contribution in [3.05, 3.63) is 0 Å². The van der Waals surface area contributed by atoms with Crippen LogP contribution in [0.4, 0.5) is 0 Å². The summed E-state index contributed by atoms with van der Waals surface area (Å²) in [7, 11) is 0. The number of nitrogens with two attached hydrogens (primary N) is 1. The summed E-state index contributed by atoms with van der Waals surface area (Å²) < 4.78 is 0. The monoisotopic (exact) mass is 144 g/mol. The molecular weight excluding hydrogens is 132 g/mol. The summed E-state index contributed by atoms with van der Waals surface area (Å²) in [6.07, 6.45) is 2.60. The predicted molar refractivity (Wildman–Crippen MR) is 35.7 cm³/mol. The summed E-state index contributed by atoms with van der Waals surface area (Å²) in [4.78, 5) is 10.6. The topological polar surface area (TPSA) is 75.3 Å². The molecule has 0 aromatic carbocycles. The molecule has 1 fully saturated rings. The van der Waals surface area contributed by atoms with Crippen LogP contribution >= 0.6 is 0 Å². The van der Waals surface area contributed by atoms with Gasteiger partial charge in [0.2, 0.25) is 5.91 Å². The molecule has 0 unspecified atom stereocenters. The Kier molecular flexibility index (Phi) is 1.92. The van der Waals surface area contributed by atoms with E-state index in [9.17, 15) is 9.90 Å². The molecule has 4 nitrogen and oxygen atoms in total. The van der Waals surface area contributed by atoms with E-state index >= 15 is 0 Å². The van der Waals surface area contributed by atoms with Crippen molar-refractivity contribution in [2.45, 2.75) is 31.3 Å². The Balaban J connectivity index is 2.29. The molecule has 0 spiro atoms. The molecule has 1 rings (SSSR count). The third kappa shape index (κ3) is 1.46. The summed E-state index contributed by atoms with van der Waals surface area (Å²) in [5.41, 5.74) is 1.24. The zero-order valence-electron chi connectivity index (χ0n) is 5.76. The van der Waals surface area contributed by atoms with E-state index in [1.165, 1.54) is 0 Å². The molecule has 1 aliphatic carbocycles. The zero-order chi connectivity index (χ0) is 7.61. The van der Waals surface area contributed by atoms with Crippen LogP contribution in [0.25, 0.3) is 0 Å². The number of aliphatic hydroxyl groups is 1. The standard InChI is InChI=1S/C6H12N2O2/c7-8-5(9)4-6(10)2-1-3-6/h10H,1-4,7H2,(H,8,9). The second-order valence-electron chi connectivity index (χ2n) is 2.82. The normalized spacial score (nSPS) is 21.4. The van der Waals surface area contributed by atoms with Crippen molar-refractivity contribution in [1.29, 1.82) is 0 Å². The van der Waals surface area contributed by atoms with Gasteiger partial charge >= 0.3 is 0 Å². The molecule has 10 heavy (non-hydrogen) atoms. The van der Waals surface area contributed by atoms with Crippen molar-refractivity contribution in [3.8, 4) is 0 Å². The van der Waals surface area contributed by atoms with E-state index in [0.717, 1.165) is 19.3 Å². The molecule has 0 radical (unpaired) electrons. The maximum atomic E-state index is 10.6. The summed E-state index contributed by atoms with van der Waals surface area (Å²) >= 11 is 0. The van der Waals surface area contributed by atoms with Crippen LogP contribution in [0.3, 0.4) is 0 Å². The number of hydrogen-bond acceptors (Lipinski definition) is 3. The fourth-order valence-corrected chi connectivity index (χ4v) is 1.11. The number of hydrogen-bond donors (Lipinski definition) is 3. The Hall–Kier alpha value is -0.610. The van der Waals surface area contributed by atoms with Gasteiger partial charge in [-0.3, -0.25) is 10.2 Å². The highest BCUT2D eigenvalue weighted by atomic mass is 16.3. The number of nitrogens with one attached hydrogen (secondary N) is 1. The third-order valence-corrected chi connectivity index (χ3v) is 1.93. The molecule has 0 aromatic heterocycles. The lowest BCUT2D eigenvalue weighted by Gasteiger charge is -2.35. The van der Waals surface area contributed by atoms with Crippen molar-refractivity contribution >= 4 is 5.91 Å². The van der Waals surface area contributed by atoms with E-state index in [1.807, 2.05) is 5.43 Å². The highest BCUT2D eigenvalue weighted by molar-refractivity contribution is 5.76. The number of carbonyl (C=O) groups is 1. The SMILES string of the molecule is NNC(=O)CC1(O)CCC1. The summed E-state index contributed by atoms with van der Waals surface area (Å²) in [5.74, 6) is 4.56. The van der Waals surface area contributed by atoms with Gasteiger partial charge in [0.15, 0.2) is 0 Å². The van der Waals surface area contributed by atoms with E-state index in [4.69, 9.17) is 5.84 Å². The smallest absolute Gasteiger partial charge is 0.236 e. The lowest BCUT2D eigenvalue weighted by Crippen LogP contribution is -2.43. The lowest BCUT2D eigenvalue weighted by molar-refractivity contribution is -0.130. The minimum Gasteiger partial charge on any atom is -0.389 e. The fourth-order valence-electron chi connectivity index (χ4n) is 1.11. The van der Waals surface area contributed by atoms with E-state index in [0.29, 0.717) is 0 Å². The molecule has 1 aliphatic rings. The van der Waals surface area contributed by atoms with Gasteiger partial charge in [0.05, 0.1) is 12.0 Å². The molecule has 0 saturated heterocycles. The van der Waals surface area contributed by atoms with Crippen molar-refractivity contribution in [1.82, 2.24) is 5.43 Å². The second-order valence-corrected chi connectivity index (χ2v) is 2.82. The van der Waals surface area contributed by atoms with Gasteiger partial charge in [0, 0.05) is 0 Å². The predicted octanol–water partition coefficient (Wildman–Crippen LogP) is -0.719. The molecule has 0 aromatic rings. The largest absolute Gasteiger partial charge is 0.389 e. The van der Waals surface area contributed by atoms with Gasteiger partial charge in [-0.15, -0.1) is 0 Å². The number of rotatable bonds is 2. The van der Waals surface area contributed by atoms with Gasteiger partial charge in [-0.1, -0.05) is 0 Å². The van der Waals surface area contributed by atoms with E-state index < -0.39 is 5.60 Å². The highest BCUT2D eigenvalue weighted by Crippen LogP contribution is 2.34. The highest BCUT2D eigenvalue weighted by Gasteiger charge is 2.36. The summed E-state index contributed by atoms with van der Waals surface area (Å²) in [5, 5.41) is 9.40. The molecule has 4 heteroatoms. The van der Waals surface area contributed by atoms with Gasteiger partial charge in [0.25, 0.3) is 0 Å². The average molecular weight is 144 g/mol. The van der Waals surface area contributed by atoms with Gasteiger partial charge < -0.3 is 5.11 Å². The minimum atomic E-state index is -0.747. The van der Waals surface area contributed by atoms with Crippen LogP contribution in [0.5, 0.6) is 0 Å². The molecule has 4 N–H and O–H groups in total. The molecular formula is C6H12N2O2. The molecule has 1 saturated carbocycles. The number of hydrazine groups is 1. The van der Waals surface area contributed by atoms with Crippen molar-refractivity contribution in [2.75, 3.05) is 0 Å². The molecule has 1 amide bonds. The lowest BCUT2D eigenvalue weighted by atomic mass is 9.78. The zero-order valence-corrected chi connectivity index (χ0v) is 5.76. The first kappa shape index (κ1) is 7.50. The maximum absolute atomic E-state index is 10.6. The fraction of sp³-hybridized carbons (Fsp3) is 0.833. The first-order valence-corrected chi connectivity index (χ1v) is 3.38. The first-order valence-electron chi connectivity index (χ1n) is 3.38. The van der Waals surface area contributed by atoms with E-state index in [1.54, 1.807) is 0 Å². The van der Waals surface area contributed by atoms with Crippen LogP contribution in [-0.2, 0) is 4.79 Å². The maximum Gasteiger partial charge on any atom is 0.236 e. The number of carbonyl (C=O) groups excluding carboxylic acids is 1. The van der Waals surface area contributed by atoms with Crippen LogP contribution in [-0.4, -0.2) is 16.6 Å². The summed E-state index contributed by atoms with van der Waals surface area (Å²) in [6.45, 7) is 0. The molecule has 0 heterocycles. The van der Waals surface area contributed by atoms with Crippen LogP contribution in [0, 0.1) is 0 Å². The molecule has 0 atom stereocenters. The van der Waals surface area contributed by atoms with Crippen LogP contribution < -0.4 is 11.3 Å². The number of amides is 1. The Labute approximate surface area is 59.4 Å². The van der Waals surface area contributed by atoms with Crippen LogP contribution in [0.15, 0.2) is 0 Å². The van der Waals surface area contributed by atoms with E-state index in [-0.39, 0.29) is 12.3 Å². The second kappa shape index (κ2) is 2.56. The van der Waals surface area contributed by atoms with Crippen molar-refractivity contribution in [2.24, 2.45) is 5.84 Å². The van der Waals surface area contributed by atoms with Gasteiger partial charge in [-0.25, -0.2) is 5.84 Å². The molecule has 0 aliphatic heterocycles. The Morgan fingerprint density at radius 3 is 2.60 bits per heavy atom. The Morgan fingerprint density at radius 2 is 2.30 bits per heavy atom. The van der Waals surface area contributed by atoms with Crippen molar-refractivity contribution in [3.63, 3.8) is 0 Å². The van der Waals surface area contributed by atoms with Gasteiger partial charge in [-0.2, -0.15) is 0 Å². The molecule has 58 valence electrons. The first-order chi connectivity index (χ1) is 4.66. The third-order valence-electron chi connectivity index (χ3n) is 1.93.